The number of aromatic nitrogens is 1. The van der Waals surface area contributed by atoms with Gasteiger partial charge in [-0.3, -0.25) is 4.79 Å². The maximum absolute atomic E-state index is 14.9. The summed E-state index contributed by atoms with van der Waals surface area (Å²) in [6, 6.07) is 4.96. The number of rotatable bonds is 7. The number of methoxy groups -OCH3 is 1. The van der Waals surface area contributed by atoms with Gasteiger partial charge in [0.25, 0.3) is 5.91 Å². The lowest BCUT2D eigenvalue weighted by molar-refractivity contribution is -0.117. The molecule has 2 aromatic rings. The van der Waals surface area contributed by atoms with Gasteiger partial charge >= 0.3 is 0 Å². The molecule has 0 bridgehead atoms. The first kappa shape index (κ1) is 22.4. The van der Waals surface area contributed by atoms with Gasteiger partial charge in [0.15, 0.2) is 0 Å². The molecule has 2 N–H and O–H groups in total. The number of benzene rings is 1. The Balaban J connectivity index is 1.42. The molecule has 0 radical (unpaired) electrons. The summed E-state index contributed by atoms with van der Waals surface area (Å²) < 4.78 is 37.1. The van der Waals surface area contributed by atoms with Gasteiger partial charge in [-0.2, -0.15) is 0 Å². The van der Waals surface area contributed by atoms with E-state index in [-0.39, 0.29) is 17.5 Å². The van der Waals surface area contributed by atoms with E-state index < -0.39 is 15.8 Å². The minimum atomic E-state index is -3.12. The highest BCUT2D eigenvalue weighted by Crippen LogP contribution is 2.37. The topological polar surface area (TPSA) is 97.9 Å². The van der Waals surface area contributed by atoms with Crippen molar-refractivity contribution in [3.63, 3.8) is 0 Å². The number of amides is 1. The summed E-state index contributed by atoms with van der Waals surface area (Å²) in [4.78, 5) is 19.3. The van der Waals surface area contributed by atoms with E-state index in [0.717, 1.165) is 30.0 Å². The van der Waals surface area contributed by atoms with Gasteiger partial charge < -0.3 is 9.64 Å². The Morgan fingerprint density at radius 2 is 2.06 bits per heavy atom. The molecule has 1 aliphatic heterocycles. The van der Waals surface area contributed by atoms with Crippen LogP contribution in [-0.4, -0.2) is 52.0 Å². The molecule has 1 aromatic carbocycles. The van der Waals surface area contributed by atoms with Gasteiger partial charge in [0.05, 0.1) is 18.8 Å². The maximum atomic E-state index is 14.9. The number of carbonyl (C=O) groups excluding carboxylic acids is 1. The number of nitrogens with zero attached hydrogens (tertiary/aromatic N) is 3. The van der Waals surface area contributed by atoms with Crippen LogP contribution in [0, 0.1) is 11.7 Å². The first-order chi connectivity index (χ1) is 15.8. The molecular weight excluding hydrogens is 443 g/mol. The smallest absolute Gasteiger partial charge is 0.259 e. The zero-order valence-corrected chi connectivity index (χ0v) is 19.6. The Labute approximate surface area is 193 Å². The van der Waals surface area contributed by atoms with Crippen LogP contribution in [0.4, 0.5) is 4.39 Å². The summed E-state index contributed by atoms with van der Waals surface area (Å²) in [6.07, 6.45) is 6.22. The lowest BCUT2D eigenvalue weighted by Crippen LogP contribution is -2.56. The van der Waals surface area contributed by atoms with Crippen molar-refractivity contribution in [1.82, 2.24) is 9.88 Å². The molecule has 1 saturated heterocycles. The number of hydrogen-bond donors (Lipinski definition) is 1. The number of likely N-dealkylation sites (tertiary alicyclic amines) is 1. The first-order valence-electron chi connectivity index (χ1n) is 11.5. The number of hydrogen-bond acceptors (Lipinski definition) is 5. The van der Waals surface area contributed by atoms with Crippen LogP contribution in [0.5, 0.6) is 5.88 Å². The summed E-state index contributed by atoms with van der Waals surface area (Å²) >= 11 is 0. The van der Waals surface area contributed by atoms with E-state index in [9.17, 15) is 13.4 Å². The first-order valence-corrected chi connectivity index (χ1v) is 13.1. The molecule has 1 atom stereocenters. The number of ether oxygens (including phenoxy) is 1. The highest BCUT2D eigenvalue weighted by molar-refractivity contribution is 7.92. The fraction of sp³-hybridized carbons (Fsp3) is 0.500. The summed E-state index contributed by atoms with van der Waals surface area (Å²) in [7, 11) is -1.61. The second-order valence-corrected chi connectivity index (χ2v) is 11.4. The number of fused-ring (bicyclic) bond motifs is 1. The Morgan fingerprint density at radius 3 is 2.79 bits per heavy atom. The van der Waals surface area contributed by atoms with Crippen molar-refractivity contribution in [2.24, 2.45) is 15.4 Å². The van der Waals surface area contributed by atoms with Gasteiger partial charge in [0.2, 0.25) is 5.88 Å². The van der Waals surface area contributed by atoms with Crippen LogP contribution in [0.1, 0.15) is 36.0 Å². The second kappa shape index (κ2) is 8.77. The molecule has 7 nitrogen and oxygen atoms in total. The number of nitrogens with two attached hydrogens (primary N) is 1. The molecule has 33 heavy (non-hydrogen) atoms. The predicted molar refractivity (Wildman–Crippen MR) is 125 cm³/mol. The minimum absolute atomic E-state index is 0.0602. The van der Waals surface area contributed by atoms with Crippen molar-refractivity contribution in [1.29, 1.82) is 0 Å². The lowest BCUT2D eigenvalue weighted by Gasteiger charge is -2.39. The molecule has 2 fully saturated rings. The molecular formula is C24H29FN4O3S. The quantitative estimate of drug-likeness (QED) is 0.668. The lowest BCUT2D eigenvalue weighted by atomic mass is 9.91. The van der Waals surface area contributed by atoms with Crippen LogP contribution >= 0.6 is 0 Å². The van der Waals surface area contributed by atoms with Gasteiger partial charge in [0, 0.05) is 31.9 Å². The Bertz CT molecular complexity index is 1210. The maximum Gasteiger partial charge on any atom is 0.259 e. The highest BCUT2D eigenvalue weighted by Gasteiger charge is 2.37. The molecule has 2 heterocycles. The average molecular weight is 473 g/mol. The normalized spacial score (nSPS) is 20.1. The monoisotopic (exact) mass is 472 g/mol. The summed E-state index contributed by atoms with van der Waals surface area (Å²) in [5.74, 6) is 0.366. The molecule has 176 valence electrons. The van der Waals surface area contributed by atoms with Crippen molar-refractivity contribution in [2.45, 2.75) is 43.8 Å². The van der Waals surface area contributed by atoms with Crippen molar-refractivity contribution >= 4 is 15.8 Å². The second-order valence-electron chi connectivity index (χ2n) is 9.34. The van der Waals surface area contributed by atoms with Crippen LogP contribution < -0.4 is 9.88 Å². The van der Waals surface area contributed by atoms with Crippen LogP contribution in [-0.2, 0) is 34.0 Å². The third kappa shape index (κ3) is 4.67. The zero-order chi connectivity index (χ0) is 23.2. The number of pyridine rings is 1. The molecule has 1 saturated carbocycles. The molecule has 1 unspecified atom stereocenters. The number of carbonyl (C=O) groups is 1. The van der Waals surface area contributed by atoms with E-state index in [0.29, 0.717) is 48.5 Å². The number of halogens is 1. The van der Waals surface area contributed by atoms with Crippen molar-refractivity contribution in [3.8, 4) is 17.0 Å². The summed E-state index contributed by atoms with van der Waals surface area (Å²) in [5.41, 5.74) is 3.56. The van der Waals surface area contributed by atoms with Gasteiger partial charge in [-0.25, -0.2) is 18.7 Å². The van der Waals surface area contributed by atoms with E-state index in [4.69, 9.17) is 9.88 Å². The van der Waals surface area contributed by atoms with E-state index in [1.807, 2.05) is 0 Å². The standard InChI is InChI=1S/C24H29FN4O3S/c1-32-24-9-16(7-8-27-24)20-10-22(25)19-4-2-3-18(19)21(20)11-23(30)28-33(26,31)17-13-29(14-17)12-15-5-6-15/h7-10,15,17H,2-6,11-14H2,1H3,(H2,26,28,30,31). The van der Waals surface area contributed by atoms with Gasteiger partial charge in [-0.1, -0.05) is 0 Å². The Hall–Kier alpha value is -2.36. The van der Waals surface area contributed by atoms with Crippen LogP contribution in [0.3, 0.4) is 0 Å². The van der Waals surface area contributed by atoms with E-state index in [1.165, 1.54) is 26.0 Å². The van der Waals surface area contributed by atoms with Crippen molar-refractivity contribution in [2.75, 3.05) is 26.7 Å². The largest absolute Gasteiger partial charge is 0.481 e. The van der Waals surface area contributed by atoms with Crippen LogP contribution in [0.2, 0.25) is 0 Å². The Morgan fingerprint density at radius 1 is 1.30 bits per heavy atom. The molecule has 5 rings (SSSR count). The highest BCUT2D eigenvalue weighted by atomic mass is 32.2. The fourth-order valence-electron chi connectivity index (χ4n) is 4.92. The van der Waals surface area contributed by atoms with E-state index >= 15 is 0 Å². The van der Waals surface area contributed by atoms with Crippen molar-refractivity contribution in [3.05, 3.63) is 46.9 Å². The SMILES string of the molecule is COc1cc(-c2cc(F)c3c(c2CC(=O)N=S(N)(=O)C2CN(CC4CC4)C2)CCC3)ccn1. The molecule has 0 spiro atoms. The third-order valence-electron chi connectivity index (χ3n) is 6.91. The van der Waals surface area contributed by atoms with Gasteiger partial charge in [-0.05, 0) is 78.0 Å². The molecule has 3 aliphatic rings. The van der Waals surface area contributed by atoms with Crippen LogP contribution in [0.25, 0.3) is 11.1 Å². The average Bonchev–Trinajstić information content (AvgIpc) is 3.43. The molecule has 2 aliphatic carbocycles. The Kier molecular flexibility index (Phi) is 5.96. The molecule has 1 amide bonds. The van der Waals surface area contributed by atoms with Gasteiger partial charge in [-0.15, -0.1) is 4.36 Å². The van der Waals surface area contributed by atoms with Crippen LogP contribution in [0.15, 0.2) is 28.8 Å². The zero-order valence-electron chi connectivity index (χ0n) is 18.8. The van der Waals surface area contributed by atoms with Crippen molar-refractivity contribution < 1.29 is 18.1 Å². The van der Waals surface area contributed by atoms with E-state index in [2.05, 4.69) is 14.2 Å². The third-order valence-corrected chi connectivity index (χ3v) is 8.65. The van der Waals surface area contributed by atoms with Gasteiger partial charge in [0.1, 0.15) is 15.7 Å². The minimum Gasteiger partial charge on any atom is -0.481 e. The molecule has 1 aromatic heterocycles. The predicted octanol–water partition coefficient (Wildman–Crippen LogP) is 2.89. The summed E-state index contributed by atoms with van der Waals surface area (Å²) in [5, 5.41) is 5.75. The summed E-state index contributed by atoms with van der Waals surface area (Å²) in [6.45, 7) is 2.26. The molecule has 9 heteroatoms. The fourth-order valence-corrected chi connectivity index (χ4v) is 6.30. The van der Waals surface area contributed by atoms with E-state index in [1.54, 1.807) is 18.3 Å².